The quantitative estimate of drug-likeness (QED) is 0.477. The second-order valence-corrected chi connectivity index (χ2v) is 9.87. The van der Waals surface area contributed by atoms with Crippen molar-refractivity contribution in [2.75, 3.05) is 19.0 Å². The molecule has 0 saturated heterocycles. The van der Waals surface area contributed by atoms with Gasteiger partial charge in [-0.25, -0.2) is 4.79 Å². The fourth-order valence-electron chi connectivity index (χ4n) is 4.28. The molecule has 0 aliphatic carbocycles. The highest BCUT2D eigenvalue weighted by Gasteiger charge is 2.28. The van der Waals surface area contributed by atoms with Crippen LogP contribution in [0.25, 0.3) is 0 Å². The number of hydrogen-bond donors (Lipinski definition) is 1. The van der Waals surface area contributed by atoms with Gasteiger partial charge >= 0.3 is 6.09 Å². The predicted octanol–water partition coefficient (Wildman–Crippen LogP) is 5.16. The molecule has 0 radical (unpaired) electrons. The van der Waals surface area contributed by atoms with E-state index in [0.717, 1.165) is 27.3 Å². The number of nitrogens with one attached hydrogen (secondary N) is 1. The van der Waals surface area contributed by atoms with Crippen LogP contribution in [0.1, 0.15) is 52.1 Å². The smallest absolute Gasteiger partial charge is 0.410 e. The topological polar surface area (TPSA) is 105 Å². The number of carbonyl (C=O) groups excluding carboxylic acids is 2. The van der Waals surface area contributed by atoms with Gasteiger partial charge in [0.2, 0.25) is 5.91 Å². The number of nitrogens with zero attached hydrogens (tertiary/aromatic N) is 3. The van der Waals surface area contributed by atoms with Crippen LogP contribution in [0.3, 0.4) is 0 Å². The van der Waals surface area contributed by atoms with Crippen molar-refractivity contribution >= 4 is 28.3 Å². The van der Waals surface area contributed by atoms with Crippen LogP contribution < -0.4 is 10.1 Å². The third-order valence-corrected chi connectivity index (χ3v) is 7.29. The maximum Gasteiger partial charge on any atom is 0.410 e. The summed E-state index contributed by atoms with van der Waals surface area (Å²) < 4.78 is 10.9. The number of methoxy groups -OCH3 is 1. The number of aryl methyl sites for hydroxylation is 1. The molecular formula is C27H28N4O4S. The Morgan fingerprint density at radius 3 is 2.86 bits per heavy atom. The number of thiophene rings is 1. The fourth-order valence-corrected chi connectivity index (χ4v) is 5.51. The molecule has 0 spiro atoms. The number of nitriles is 1. The van der Waals surface area contributed by atoms with E-state index in [2.05, 4.69) is 16.4 Å². The first-order chi connectivity index (χ1) is 17.4. The largest absolute Gasteiger partial charge is 0.496 e. The van der Waals surface area contributed by atoms with Gasteiger partial charge in [-0.3, -0.25) is 9.78 Å². The Morgan fingerprint density at radius 1 is 1.31 bits per heavy atom. The molecule has 9 heteroatoms. The summed E-state index contributed by atoms with van der Waals surface area (Å²) in [6, 6.07) is 13.6. The Hall–Kier alpha value is -3.90. The van der Waals surface area contributed by atoms with Crippen LogP contribution in [0, 0.1) is 18.3 Å². The normalized spacial score (nSPS) is 13.3. The number of amides is 2. The fraction of sp³-hybridized carbons (Fsp3) is 0.333. The van der Waals surface area contributed by atoms with E-state index in [4.69, 9.17) is 9.47 Å². The molecule has 3 aromatic rings. The average Bonchev–Trinajstić information content (AvgIpc) is 3.23. The summed E-state index contributed by atoms with van der Waals surface area (Å²) in [6.45, 7) is 4.86. The molecule has 2 amide bonds. The number of rotatable bonds is 7. The highest BCUT2D eigenvalue weighted by atomic mass is 32.1. The highest BCUT2D eigenvalue weighted by molar-refractivity contribution is 7.16. The van der Waals surface area contributed by atoms with Gasteiger partial charge in [0.05, 0.1) is 24.9 Å². The van der Waals surface area contributed by atoms with Crippen LogP contribution in [0.4, 0.5) is 9.80 Å². The van der Waals surface area contributed by atoms with Crippen molar-refractivity contribution < 1.29 is 19.1 Å². The van der Waals surface area contributed by atoms with Crippen LogP contribution in [-0.4, -0.2) is 35.5 Å². The second kappa shape index (κ2) is 11.2. The number of fused-ring (bicyclic) bond motifs is 1. The molecule has 8 nitrogen and oxygen atoms in total. The van der Waals surface area contributed by atoms with Gasteiger partial charge in [0.1, 0.15) is 23.4 Å². The van der Waals surface area contributed by atoms with Crippen molar-refractivity contribution in [1.82, 2.24) is 9.88 Å². The van der Waals surface area contributed by atoms with E-state index >= 15 is 0 Å². The number of anilines is 1. The first kappa shape index (κ1) is 25.2. The SMILES string of the molecule is COc1ccc(C)cc1[C@@H](C)CC(=O)Nc1sc2c(c1C#N)CCN(C(=O)OCc1ccccn1)C2. The average molecular weight is 505 g/mol. The van der Waals surface area contributed by atoms with Crippen LogP contribution in [0.15, 0.2) is 42.6 Å². The van der Waals surface area contributed by atoms with Gasteiger partial charge in [0.25, 0.3) is 0 Å². The van der Waals surface area contributed by atoms with Crippen molar-refractivity contribution in [2.45, 2.75) is 45.8 Å². The lowest BCUT2D eigenvalue weighted by atomic mass is 9.95. The molecular weight excluding hydrogens is 476 g/mol. The minimum Gasteiger partial charge on any atom is -0.496 e. The number of ether oxygens (including phenoxy) is 2. The maximum absolute atomic E-state index is 12.9. The molecule has 1 atom stereocenters. The molecule has 3 heterocycles. The van der Waals surface area contributed by atoms with Gasteiger partial charge in [-0.15, -0.1) is 11.3 Å². The van der Waals surface area contributed by atoms with E-state index in [9.17, 15) is 14.9 Å². The zero-order chi connectivity index (χ0) is 25.7. The monoisotopic (exact) mass is 504 g/mol. The van der Waals surface area contributed by atoms with E-state index in [1.807, 2.05) is 38.1 Å². The summed E-state index contributed by atoms with van der Waals surface area (Å²) in [5.41, 5.74) is 4.11. The zero-order valence-corrected chi connectivity index (χ0v) is 21.4. The summed E-state index contributed by atoms with van der Waals surface area (Å²) >= 11 is 1.34. The van der Waals surface area contributed by atoms with Crippen LogP contribution in [0.2, 0.25) is 0 Å². The van der Waals surface area contributed by atoms with E-state index in [0.29, 0.717) is 35.8 Å². The molecule has 186 valence electrons. The summed E-state index contributed by atoms with van der Waals surface area (Å²) in [5, 5.41) is 13.3. The third kappa shape index (κ3) is 5.66. The minimum atomic E-state index is -0.426. The molecule has 0 saturated carbocycles. The molecule has 1 aliphatic heterocycles. The molecule has 2 aromatic heterocycles. The summed E-state index contributed by atoms with van der Waals surface area (Å²) in [4.78, 5) is 32.2. The molecule has 1 N–H and O–H groups in total. The third-order valence-electron chi connectivity index (χ3n) is 6.16. The number of pyridine rings is 1. The van der Waals surface area contributed by atoms with Crippen LogP contribution >= 0.6 is 11.3 Å². The van der Waals surface area contributed by atoms with Crippen molar-refractivity contribution in [1.29, 1.82) is 5.26 Å². The second-order valence-electron chi connectivity index (χ2n) is 8.77. The first-order valence-corrected chi connectivity index (χ1v) is 12.5. The lowest BCUT2D eigenvalue weighted by molar-refractivity contribution is -0.116. The Kier molecular flexibility index (Phi) is 7.86. The van der Waals surface area contributed by atoms with Gasteiger partial charge in [-0.2, -0.15) is 5.26 Å². The minimum absolute atomic E-state index is 0.0654. The Bertz CT molecular complexity index is 1300. The van der Waals surface area contributed by atoms with Gasteiger partial charge in [0, 0.05) is 24.0 Å². The zero-order valence-electron chi connectivity index (χ0n) is 20.5. The van der Waals surface area contributed by atoms with Crippen molar-refractivity contribution in [3.05, 3.63) is 75.4 Å². The predicted molar refractivity (Wildman–Crippen MR) is 137 cm³/mol. The van der Waals surface area contributed by atoms with Crippen molar-refractivity contribution in [2.24, 2.45) is 0 Å². The lowest BCUT2D eigenvalue weighted by Crippen LogP contribution is -2.35. The molecule has 36 heavy (non-hydrogen) atoms. The summed E-state index contributed by atoms with van der Waals surface area (Å²) in [5.74, 6) is 0.511. The van der Waals surface area contributed by atoms with E-state index < -0.39 is 6.09 Å². The van der Waals surface area contributed by atoms with Crippen LogP contribution in [0.5, 0.6) is 5.75 Å². The van der Waals surface area contributed by atoms with Crippen LogP contribution in [-0.2, 0) is 29.1 Å². The van der Waals surface area contributed by atoms with E-state index in [-0.39, 0.29) is 24.9 Å². The number of benzene rings is 1. The molecule has 1 aliphatic rings. The maximum atomic E-state index is 12.9. The van der Waals surface area contributed by atoms with Gasteiger partial charge in [-0.05, 0) is 48.6 Å². The van der Waals surface area contributed by atoms with Gasteiger partial charge < -0.3 is 19.7 Å². The van der Waals surface area contributed by atoms with Gasteiger partial charge in [0.15, 0.2) is 0 Å². The Morgan fingerprint density at radius 2 is 2.14 bits per heavy atom. The molecule has 0 bridgehead atoms. The number of aromatic nitrogens is 1. The molecule has 4 rings (SSSR count). The molecule has 1 aromatic carbocycles. The van der Waals surface area contributed by atoms with E-state index in [1.165, 1.54) is 11.3 Å². The lowest BCUT2D eigenvalue weighted by Gasteiger charge is -2.26. The molecule has 0 unspecified atom stereocenters. The van der Waals surface area contributed by atoms with Gasteiger partial charge in [-0.1, -0.05) is 30.7 Å². The first-order valence-electron chi connectivity index (χ1n) is 11.7. The standard InChI is InChI=1S/C27H28N4O4S/c1-17-7-8-23(34-3)21(12-17)18(2)13-25(32)30-26-22(14-28)20-9-11-31(15-24(20)36-26)27(33)35-16-19-6-4-5-10-29-19/h4-8,10,12,18H,9,11,13,15-16H2,1-3H3,(H,30,32)/t18-/m0/s1. The number of carbonyl (C=O) groups is 2. The van der Waals surface area contributed by atoms with Crippen molar-refractivity contribution in [3.8, 4) is 11.8 Å². The Balaban J connectivity index is 1.41. The Labute approximate surface area is 214 Å². The highest BCUT2D eigenvalue weighted by Crippen LogP contribution is 2.37. The summed E-state index contributed by atoms with van der Waals surface area (Å²) in [7, 11) is 1.62. The molecule has 0 fully saturated rings. The van der Waals surface area contributed by atoms with Crippen molar-refractivity contribution in [3.63, 3.8) is 0 Å². The summed E-state index contributed by atoms with van der Waals surface area (Å²) in [6.07, 6.45) is 2.00. The number of hydrogen-bond acceptors (Lipinski definition) is 7. The van der Waals surface area contributed by atoms with E-state index in [1.54, 1.807) is 30.3 Å².